The molecule has 1 fully saturated rings. The van der Waals surface area contributed by atoms with Gasteiger partial charge in [-0.25, -0.2) is 0 Å². The Balaban J connectivity index is 1.72. The summed E-state index contributed by atoms with van der Waals surface area (Å²) in [6, 6.07) is 20.7. The molecule has 0 aromatic heterocycles. The van der Waals surface area contributed by atoms with Crippen molar-refractivity contribution in [1.82, 2.24) is 9.80 Å². The molecule has 1 amide bonds. The summed E-state index contributed by atoms with van der Waals surface area (Å²) in [6.45, 7) is 7.70. The van der Waals surface area contributed by atoms with Crippen LogP contribution < -0.4 is 0 Å². The Labute approximate surface area is 151 Å². The summed E-state index contributed by atoms with van der Waals surface area (Å²) in [4.78, 5) is 17.5. The van der Waals surface area contributed by atoms with Crippen molar-refractivity contribution in [2.24, 2.45) is 5.92 Å². The largest absolute Gasteiger partial charge is 0.336 e. The average Bonchev–Trinajstić information content (AvgIpc) is 2.62. The van der Waals surface area contributed by atoms with Gasteiger partial charge in [0.2, 0.25) is 5.91 Å². The second kappa shape index (κ2) is 8.30. The third-order valence-corrected chi connectivity index (χ3v) is 4.83. The summed E-state index contributed by atoms with van der Waals surface area (Å²) in [7, 11) is 0. The summed E-state index contributed by atoms with van der Waals surface area (Å²) in [5, 5.41) is 0. The fraction of sp³-hybridized carbons (Fsp3) is 0.409. The van der Waals surface area contributed by atoms with Crippen LogP contribution in [0.3, 0.4) is 0 Å². The van der Waals surface area contributed by atoms with Crippen molar-refractivity contribution in [3.8, 4) is 0 Å². The first-order valence-corrected chi connectivity index (χ1v) is 9.24. The molecule has 3 rings (SSSR count). The molecule has 1 heterocycles. The first-order valence-electron chi connectivity index (χ1n) is 9.24. The van der Waals surface area contributed by atoms with E-state index in [2.05, 4.69) is 55.1 Å². The molecule has 0 spiro atoms. The lowest BCUT2D eigenvalue weighted by Gasteiger charge is -2.41. The summed E-state index contributed by atoms with van der Waals surface area (Å²) < 4.78 is 0. The number of hydrogen-bond acceptors (Lipinski definition) is 2. The van der Waals surface area contributed by atoms with Crippen molar-refractivity contribution in [2.75, 3.05) is 13.1 Å². The number of piperazine rings is 1. The standard InChI is InChI=1S/C22H28N2O/c1-18(2)15-21-22(25)24(17-20-11-7-4-8-12-20)14-13-23(21)16-19-9-5-3-6-10-19/h3-12,18,21H,13-17H2,1-2H3. The van der Waals surface area contributed by atoms with Crippen molar-refractivity contribution in [3.63, 3.8) is 0 Å². The molecule has 1 aliphatic heterocycles. The van der Waals surface area contributed by atoms with Crippen LogP contribution in [-0.4, -0.2) is 34.8 Å². The van der Waals surface area contributed by atoms with Crippen LogP contribution in [0.25, 0.3) is 0 Å². The van der Waals surface area contributed by atoms with Crippen LogP contribution in [0.4, 0.5) is 0 Å². The van der Waals surface area contributed by atoms with Gasteiger partial charge in [0.15, 0.2) is 0 Å². The van der Waals surface area contributed by atoms with Crippen LogP contribution >= 0.6 is 0 Å². The third kappa shape index (κ3) is 4.70. The SMILES string of the molecule is CC(C)CC1C(=O)N(Cc2ccccc2)CCN1Cc1ccccc1. The minimum absolute atomic E-state index is 0.0160. The summed E-state index contributed by atoms with van der Waals surface area (Å²) in [5.74, 6) is 0.781. The number of carbonyl (C=O) groups excluding carboxylic acids is 1. The number of rotatable bonds is 6. The molecule has 1 atom stereocenters. The topological polar surface area (TPSA) is 23.6 Å². The Morgan fingerprint density at radius 1 is 0.880 bits per heavy atom. The second-order valence-electron chi connectivity index (χ2n) is 7.35. The monoisotopic (exact) mass is 336 g/mol. The highest BCUT2D eigenvalue weighted by Gasteiger charge is 2.34. The number of amides is 1. The highest BCUT2D eigenvalue weighted by molar-refractivity contribution is 5.82. The van der Waals surface area contributed by atoms with Gasteiger partial charge in [0.1, 0.15) is 0 Å². The Bertz CT molecular complexity index is 669. The molecule has 1 saturated heterocycles. The van der Waals surface area contributed by atoms with E-state index in [9.17, 15) is 4.79 Å². The Morgan fingerprint density at radius 2 is 1.44 bits per heavy atom. The molecule has 0 aliphatic carbocycles. The van der Waals surface area contributed by atoms with E-state index in [4.69, 9.17) is 0 Å². The molecule has 1 unspecified atom stereocenters. The minimum Gasteiger partial charge on any atom is -0.336 e. The lowest BCUT2D eigenvalue weighted by Crippen LogP contribution is -2.56. The molecule has 0 bridgehead atoms. The van der Waals surface area contributed by atoms with Gasteiger partial charge in [-0.15, -0.1) is 0 Å². The Morgan fingerprint density at radius 3 is 2.00 bits per heavy atom. The van der Waals surface area contributed by atoms with Gasteiger partial charge in [0, 0.05) is 26.2 Å². The first-order chi connectivity index (χ1) is 12.1. The molecular weight excluding hydrogens is 308 g/mol. The van der Waals surface area contributed by atoms with Crippen LogP contribution in [0.15, 0.2) is 60.7 Å². The van der Waals surface area contributed by atoms with Crippen LogP contribution in [0, 0.1) is 5.92 Å². The fourth-order valence-corrected chi connectivity index (χ4v) is 3.55. The zero-order valence-corrected chi connectivity index (χ0v) is 15.3. The summed E-state index contributed by atoms with van der Waals surface area (Å²) in [5.41, 5.74) is 2.48. The van der Waals surface area contributed by atoms with Gasteiger partial charge in [-0.05, 0) is 23.5 Å². The maximum atomic E-state index is 13.2. The van der Waals surface area contributed by atoms with Crippen molar-refractivity contribution >= 4 is 5.91 Å². The van der Waals surface area contributed by atoms with Crippen LogP contribution in [-0.2, 0) is 17.9 Å². The highest BCUT2D eigenvalue weighted by atomic mass is 16.2. The molecule has 25 heavy (non-hydrogen) atoms. The van der Waals surface area contributed by atoms with Crippen LogP contribution in [0.5, 0.6) is 0 Å². The molecule has 3 nitrogen and oxygen atoms in total. The van der Waals surface area contributed by atoms with Gasteiger partial charge in [-0.2, -0.15) is 0 Å². The van der Waals surface area contributed by atoms with Crippen molar-refractivity contribution in [3.05, 3.63) is 71.8 Å². The maximum absolute atomic E-state index is 13.2. The van der Waals surface area contributed by atoms with Crippen molar-refractivity contribution in [1.29, 1.82) is 0 Å². The Kier molecular flexibility index (Phi) is 5.87. The quantitative estimate of drug-likeness (QED) is 0.797. The highest BCUT2D eigenvalue weighted by Crippen LogP contribution is 2.22. The van der Waals surface area contributed by atoms with Gasteiger partial charge in [-0.1, -0.05) is 74.5 Å². The number of benzene rings is 2. The normalized spacial score (nSPS) is 18.8. The van der Waals surface area contributed by atoms with E-state index >= 15 is 0 Å². The van der Waals surface area contributed by atoms with Crippen LogP contribution in [0.2, 0.25) is 0 Å². The van der Waals surface area contributed by atoms with Crippen LogP contribution in [0.1, 0.15) is 31.4 Å². The van der Waals surface area contributed by atoms with Crippen molar-refractivity contribution < 1.29 is 4.79 Å². The smallest absolute Gasteiger partial charge is 0.240 e. The predicted octanol–water partition coefficient (Wildman–Crippen LogP) is 3.95. The molecule has 0 radical (unpaired) electrons. The average molecular weight is 336 g/mol. The molecule has 2 aromatic rings. The van der Waals surface area contributed by atoms with E-state index in [1.54, 1.807) is 0 Å². The third-order valence-electron chi connectivity index (χ3n) is 4.83. The van der Waals surface area contributed by atoms with Gasteiger partial charge in [-0.3, -0.25) is 9.69 Å². The van der Waals surface area contributed by atoms with E-state index in [1.807, 2.05) is 29.2 Å². The Hall–Kier alpha value is -2.13. The number of nitrogens with zero attached hydrogens (tertiary/aromatic N) is 2. The molecular formula is C22H28N2O. The summed E-state index contributed by atoms with van der Waals surface area (Å²) in [6.07, 6.45) is 0.914. The molecule has 1 aliphatic rings. The predicted molar refractivity (Wildman–Crippen MR) is 102 cm³/mol. The molecule has 2 aromatic carbocycles. The molecule has 132 valence electrons. The van der Waals surface area contributed by atoms with Gasteiger partial charge < -0.3 is 4.90 Å². The minimum atomic E-state index is -0.0160. The zero-order chi connectivity index (χ0) is 17.6. The maximum Gasteiger partial charge on any atom is 0.240 e. The zero-order valence-electron chi connectivity index (χ0n) is 15.3. The van der Waals surface area contributed by atoms with E-state index in [0.29, 0.717) is 12.5 Å². The number of carbonyl (C=O) groups is 1. The van der Waals surface area contributed by atoms with Gasteiger partial charge in [0.25, 0.3) is 0 Å². The van der Waals surface area contributed by atoms with Gasteiger partial charge in [0.05, 0.1) is 6.04 Å². The number of hydrogen-bond donors (Lipinski definition) is 0. The van der Waals surface area contributed by atoms with Crippen molar-refractivity contribution in [2.45, 2.75) is 39.4 Å². The summed E-state index contributed by atoms with van der Waals surface area (Å²) >= 11 is 0. The van der Waals surface area contributed by atoms with E-state index in [1.165, 1.54) is 11.1 Å². The second-order valence-corrected chi connectivity index (χ2v) is 7.35. The lowest BCUT2D eigenvalue weighted by molar-refractivity contribution is -0.143. The molecule has 0 saturated carbocycles. The molecule has 0 N–H and O–H groups in total. The van der Waals surface area contributed by atoms with E-state index in [0.717, 1.165) is 26.1 Å². The van der Waals surface area contributed by atoms with E-state index < -0.39 is 0 Å². The molecule has 3 heteroatoms. The lowest BCUT2D eigenvalue weighted by atomic mass is 9.98. The van der Waals surface area contributed by atoms with Gasteiger partial charge >= 0.3 is 0 Å². The fourth-order valence-electron chi connectivity index (χ4n) is 3.55. The van der Waals surface area contributed by atoms with E-state index in [-0.39, 0.29) is 11.9 Å². The first kappa shape index (κ1) is 17.7.